The molecule has 1 aromatic rings. The molecule has 1 unspecified atom stereocenters. The Morgan fingerprint density at radius 3 is 2.76 bits per heavy atom. The molecule has 4 heteroatoms. The molecule has 1 amide bonds. The molecule has 0 saturated heterocycles. The van der Waals surface area contributed by atoms with Crippen LogP contribution in [0.15, 0.2) is 10.5 Å². The van der Waals surface area contributed by atoms with E-state index in [0.717, 1.165) is 30.5 Å². The van der Waals surface area contributed by atoms with E-state index in [1.807, 2.05) is 13.8 Å². The van der Waals surface area contributed by atoms with Crippen LogP contribution < -0.4 is 5.32 Å². The normalized spacial score (nSPS) is 12.5. The van der Waals surface area contributed by atoms with Gasteiger partial charge in [-0.05, 0) is 38.7 Å². The third kappa shape index (κ3) is 4.54. The first-order chi connectivity index (χ1) is 8.04. The minimum atomic E-state index is -0.0363. The maximum Gasteiger partial charge on any atom is 0.254 e. The molecular weight excluding hydrogens is 282 g/mol. The molecule has 1 rings (SSSR count). The average molecular weight is 302 g/mol. The number of aryl methyl sites for hydroxylation is 2. The van der Waals surface area contributed by atoms with E-state index in [1.165, 1.54) is 0 Å². The lowest BCUT2D eigenvalue weighted by molar-refractivity contribution is 0.0951. The Kier molecular flexibility index (Phi) is 5.75. The van der Waals surface area contributed by atoms with Gasteiger partial charge >= 0.3 is 0 Å². The monoisotopic (exact) mass is 301 g/mol. The lowest BCUT2D eigenvalue weighted by atomic mass is 10.1. The number of alkyl halides is 1. The number of rotatable bonds is 6. The maximum atomic E-state index is 11.8. The van der Waals surface area contributed by atoms with Gasteiger partial charge in [-0.2, -0.15) is 0 Å². The van der Waals surface area contributed by atoms with Gasteiger partial charge < -0.3 is 9.73 Å². The van der Waals surface area contributed by atoms with Crippen molar-refractivity contribution < 1.29 is 9.21 Å². The van der Waals surface area contributed by atoms with E-state index in [1.54, 1.807) is 6.07 Å². The Morgan fingerprint density at radius 2 is 2.24 bits per heavy atom. The number of hydrogen-bond donors (Lipinski definition) is 1. The van der Waals surface area contributed by atoms with Crippen molar-refractivity contribution in [1.82, 2.24) is 5.32 Å². The average Bonchev–Trinajstić information content (AvgIpc) is 2.63. The van der Waals surface area contributed by atoms with Crippen LogP contribution in [0.1, 0.15) is 41.6 Å². The van der Waals surface area contributed by atoms with Crippen molar-refractivity contribution >= 4 is 21.8 Å². The number of furan rings is 1. The summed E-state index contributed by atoms with van der Waals surface area (Å²) < 4.78 is 5.33. The number of halogens is 1. The second kappa shape index (κ2) is 6.84. The highest BCUT2D eigenvalue weighted by atomic mass is 79.9. The predicted octanol–water partition coefficient (Wildman–Crippen LogP) is 3.44. The van der Waals surface area contributed by atoms with Crippen LogP contribution in [-0.4, -0.2) is 17.8 Å². The fourth-order valence-corrected chi connectivity index (χ4v) is 2.00. The summed E-state index contributed by atoms with van der Waals surface area (Å²) in [7, 11) is 0. The minimum Gasteiger partial charge on any atom is -0.466 e. The smallest absolute Gasteiger partial charge is 0.254 e. The summed E-state index contributed by atoms with van der Waals surface area (Å²) >= 11 is 3.45. The van der Waals surface area contributed by atoms with Crippen LogP contribution in [-0.2, 0) is 0 Å². The van der Waals surface area contributed by atoms with Crippen molar-refractivity contribution in [3.05, 3.63) is 23.2 Å². The van der Waals surface area contributed by atoms with Crippen molar-refractivity contribution in [2.24, 2.45) is 5.92 Å². The number of hydrogen-bond acceptors (Lipinski definition) is 2. The van der Waals surface area contributed by atoms with Gasteiger partial charge in [0.25, 0.3) is 5.91 Å². The molecule has 1 atom stereocenters. The van der Waals surface area contributed by atoms with E-state index in [-0.39, 0.29) is 5.91 Å². The molecule has 0 aliphatic rings. The molecule has 96 valence electrons. The molecule has 0 spiro atoms. The molecule has 0 fully saturated rings. The van der Waals surface area contributed by atoms with Crippen molar-refractivity contribution in [2.45, 2.75) is 33.6 Å². The van der Waals surface area contributed by atoms with E-state index in [4.69, 9.17) is 4.42 Å². The Bertz CT molecular complexity index is 373. The summed E-state index contributed by atoms with van der Waals surface area (Å²) in [6.45, 7) is 6.58. The topological polar surface area (TPSA) is 42.2 Å². The number of amides is 1. The van der Waals surface area contributed by atoms with Crippen LogP contribution >= 0.6 is 15.9 Å². The summed E-state index contributed by atoms with van der Waals surface area (Å²) in [6, 6.07) is 1.78. The van der Waals surface area contributed by atoms with Crippen molar-refractivity contribution in [3.63, 3.8) is 0 Å². The Balaban J connectivity index is 2.33. The molecule has 0 bridgehead atoms. The van der Waals surface area contributed by atoms with Crippen LogP contribution in [0.25, 0.3) is 0 Å². The fraction of sp³-hybridized carbons (Fsp3) is 0.615. The largest absolute Gasteiger partial charge is 0.466 e. The van der Waals surface area contributed by atoms with Crippen molar-refractivity contribution in [3.8, 4) is 0 Å². The van der Waals surface area contributed by atoms with E-state index in [2.05, 4.69) is 28.2 Å². The van der Waals surface area contributed by atoms with Crippen molar-refractivity contribution in [2.75, 3.05) is 11.9 Å². The van der Waals surface area contributed by atoms with Gasteiger partial charge in [0.2, 0.25) is 0 Å². The summed E-state index contributed by atoms with van der Waals surface area (Å²) in [5.74, 6) is 2.09. The molecule has 0 aliphatic heterocycles. The van der Waals surface area contributed by atoms with E-state index >= 15 is 0 Å². The quantitative estimate of drug-likeness (QED) is 0.646. The van der Waals surface area contributed by atoms with Gasteiger partial charge in [-0.25, -0.2) is 0 Å². The SMILES string of the molecule is Cc1cc(C(=O)NCCCC(C)CBr)c(C)o1. The van der Waals surface area contributed by atoms with Gasteiger partial charge in [-0.1, -0.05) is 22.9 Å². The highest BCUT2D eigenvalue weighted by Gasteiger charge is 2.12. The molecule has 17 heavy (non-hydrogen) atoms. The van der Waals surface area contributed by atoms with Gasteiger partial charge in [-0.3, -0.25) is 4.79 Å². The highest BCUT2D eigenvalue weighted by molar-refractivity contribution is 9.09. The van der Waals surface area contributed by atoms with Crippen LogP contribution in [0.2, 0.25) is 0 Å². The molecule has 0 saturated carbocycles. The molecule has 1 heterocycles. The van der Waals surface area contributed by atoms with E-state index in [9.17, 15) is 4.79 Å². The van der Waals surface area contributed by atoms with Crippen LogP contribution in [0.5, 0.6) is 0 Å². The molecule has 0 radical (unpaired) electrons. The predicted molar refractivity (Wildman–Crippen MR) is 72.7 cm³/mol. The molecule has 0 aromatic carbocycles. The molecule has 3 nitrogen and oxygen atoms in total. The first-order valence-electron chi connectivity index (χ1n) is 5.95. The zero-order valence-corrected chi connectivity index (χ0v) is 12.3. The lowest BCUT2D eigenvalue weighted by Crippen LogP contribution is -2.25. The third-order valence-corrected chi connectivity index (χ3v) is 3.81. The zero-order valence-electron chi connectivity index (χ0n) is 10.7. The molecule has 1 N–H and O–H groups in total. The Hall–Kier alpha value is -0.770. The first kappa shape index (κ1) is 14.3. The van der Waals surface area contributed by atoms with Crippen LogP contribution in [0.4, 0.5) is 0 Å². The standard InChI is InChI=1S/C13H20BrNO2/c1-9(8-14)5-4-6-15-13(16)12-7-10(2)17-11(12)3/h7,9H,4-6,8H2,1-3H3,(H,15,16). The van der Waals surface area contributed by atoms with Gasteiger partial charge in [0.1, 0.15) is 11.5 Å². The molecule has 1 aromatic heterocycles. The summed E-state index contributed by atoms with van der Waals surface area (Å²) in [5, 5.41) is 3.93. The minimum absolute atomic E-state index is 0.0363. The zero-order chi connectivity index (χ0) is 12.8. The fourth-order valence-electron chi connectivity index (χ4n) is 1.68. The summed E-state index contributed by atoms with van der Waals surface area (Å²) in [4.78, 5) is 11.8. The van der Waals surface area contributed by atoms with E-state index < -0.39 is 0 Å². The second-order valence-corrected chi connectivity index (χ2v) is 5.13. The number of carbonyl (C=O) groups is 1. The molecular formula is C13H20BrNO2. The number of nitrogens with one attached hydrogen (secondary N) is 1. The van der Waals surface area contributed by atoms with Gasteiger partial charge in [0.15, 0.2) is 0 Å². The first-order valence-corrected chi connectivity index (χ1v) is 7.08. The Morgan fingerprint density at radius 1 is 1.53 bits per heavy atom. The highest BCUT2D eigenvalue weighted by Crippen LogP contribution is 2.13. The van der Waals surface area contributed by atoms with Crippen molar-refractivity contribution in [1.29, 1.82) is 0 Å². The second-order valence-electron chi connectivity index (χ2n) is 4.48. The summed E-state index contributed by atoms with van der Waals surface area (Å²) in [5.41, 5.74) is 0.649. The molecule has 0 aliphatic carbocycles. The third-order valence-electron chi connectivity index (χ3n) is 2.71. The van der Waals surface area contributed by atoms with Crippen LogP contribution in [0.3, 0.4) is 0 Å². The maximum absolute atomic E-state index is 11.8. The van der Waals surface area contributed by atoms with Gasteiger partial charge in [0, 0.05) is 11.9 Å². The summed E-state index contributed by atoms with van der Waals surface area (Å²) in [6.07, 6.45) is 2.13. The van der Waals surface area contributed by atoms with Gasteiger partial charge in [0.05, 0.1) is 5.56 Å². The lowest BCUT2D eigenvalue weighted by Gasteiger charge is -2.07. The number of carbonyl (C=O) groups excluding carboxylic acids is 1. The van der Waals surface area contributed by atoms with E-state index in [0.29, 0.717) is 17.2 Å². The van der Waals surface area contributed by atoms with Gasteiger partial charge in [-0.15, -0.1) is 0 Å². The van der Waals surface area contributed by atoms with Crippen LogP contribution in [0, 0.1) is 19.8 Å². The Labute approximate surface area is 111 Å².